The van der Waals surface area contributed by atoms with Crippen LogP contribution in [-0.2, 0) is 6.54 Å². The zero-order chi connectivity index (χ0) is 21.8. The van der Waals surface area contributed by atoms with Crippen molar-refractivity contribution in [3.8, 4) is 11.5 Å². The molecule has 0 aliphatic heterocycles. The molecular weight excluding hydrogens is 394 g/mol. The van der Waals surface area contributed by atoms with Crippen LogP contribution < -0.4 is 20.0 Å². The predicted molar refractivity (Wildman–Crippen MR) is 119 cm³/mol. The molecule has 3 aromatic carbocycles. The van der Waals surface area contributed by atoms with E-state index in [9.17, 15) is 9.59 Å². The Hall–Kier alpha value is -4.06. The summed E-state index contributed by atoms with van der Waals surface area (Å²) in [6.45, 7) is 0.265. The summed E-state index contributed by atoms with van der Waals surface area (Å²) in [5.41, 5.74) is 1.26. The van der Waals surface area contributed by atoms with Gasteiger partial charge in [0.2, 0.25) is 0 Å². The molecule has 31 heavy (non-hydrogen) atoms. The van der Waals surface area contributed by atoms with E-state index >= 15 is 0 Å². The first-order valence-electron chi connectivity index (χ1n) is 9.71. The van der Waals surface area contributed by atoms with Gasteiger partial charge in [-0.25, -0.2) is 4.79 Å². The number of fused-ring (bicyclic) bond motifs is 1. The maximum absolute atomic E-state index is 13.5. The van der Waals surface area contributed by atoms with Gasteiger partial charge in [0.15, 0.2) is 0 Å². The number of rotatable bonds is 6. The van der Waals surface area contributed by atoms with Crippen LogP contribution in [0.5, 0.6) is 11.5 Å². The molecule has 1 aromatic heterocycles. The van der Waals surface area contributed by atoms with Crippen LogP contribution in [0.4, 0.5) is 5.69 Å². The zero-order valence-electron chi connectivity index (χ0n) is 17.2. The van der Waals surface area contributed by atoms with E-state index in [1.807, 2.05) is 30.3 Å². The normalized spacial score (nSPS) is 10.6. The molecule has 0 aliphatic carbocycles. The Morgan fingerprint density at radius 3 is 2.13 bits per heavy atom. The second-order valence-electron chi connectivity index (χ2n) is 6.92. The lowest BCUT2D eigenvalue weighted by Gasteiger charge is -2.23. The Labute approximate surface area is 179 Å². The SMILES string of the molecule is COc1ccc(CN(C(=O)c2cc3ccccc3oc2=O)c2ccc(OC)cc2)cc1. The van der Waals surface area contributed by atoms with Crippen LogP contribution in [0, 0.1) is 0 Å². The number of anilines is 1. The van der Waals surface area contributed by atoms with Crippen molar-refractivity contribution >= 4 is 22.6 Å². The Kier molecular flexibility index (Phi) is 5.71. The maximum atomic E-state index is 13.5. The number of nitrogens with zero attached hydrogens (tertiary/aromatic N) is 1. The first kappa shape index (κ1) is 20.2. The average Bonchev–Trinajstić information content (AvgIpc) is 2.82. The molecule has 0 radical (unpaired) electrons. The lowest BCUT2D eigenvalue weighted by Crippen LogP contribution is -2.33. The lowest BCUT2D eigenvalue weighted by atomic mass is 10.1. The largest absolute Gasteiger partial charge is 0.497 e. The molecule has 6 heteroatoms. The molecule has 0 bridgehead atoms. The predicted octanol–water partition coefficient (Wildman–Crippen LogP) is 4.66. The lowest BCUT2D eigenvalue weighted by molar-refractivity contribution is 0.0981. The third-order valence-electron chi connectivity index (χ3n) is 5.00. The van der Waals surface area contributed by atoms with Crippen molar-refractivity contribution in [2.45, 2.75) is 6.54 Å². The molecule has 4 aromatic rings. The van der Waals surface area contributed by atoms with Crippen molar-refractivity contribution in [2.75, 3.05) is 19.1 Å². The van der Waals surface area contributed by atoms with Gasteiger partial charge >= 0.3 is 5.63 Å². The summed E-state index contributed by atoms with van der Waals surface area (Å²) in [6.07, 6.45) is 0. The number of carbonyl (C=O) groups is 1. The Balaban J connectivity index is 1.76. The molecule has 1 heterocycles. The molecule has 0 unspecified atom stereocenters. The fourth-order valence-electron chi connectivity index (χ4n) is 3.31. The highest BCUT2D eigenvalue weighted by Gasteiger charge is 2.23. The van der Waals surface area contributed by atoms with Crippen molar-refractivity contribution < 1.29 is 18.7 Å². The highest BCUT2D eigenvalue weighted by molar-refractivity contribution is 6.07. The van der Waals surface area contributed by atoms with Crippen LogP contribution in [0.3, 0.4) is 0 Å². The van der Waals surface area contributed by atoms with Crippen LogP contribution in [0.15, 0.2) is 88.1 Å². The molecule has 0 atom stereocenters. The van der Waals surface area contributed by atoms with Gasteiger partial charge in [0, 0.05) is 11.1 Å². The average molecular weight is 415 g/mol. The number of carbonyl (C=O) groups excluding carboxylic acids is 1. The summed E-state index contributed by atoms with van der Waals surface area (Å²) in [6, 6.07) is 23.2. The molecule has 0 aliphatic rings. The fraction of sp³-hybridized carbons (Fsp3) is 0.120. The van der Waals surface area contributed by atoms with Crippen molar-refractivity contribution in [3.05, 3.63) is 100 Å². The van der Waals surface area contributed by atoms with Crippen LogP contribution in [0.1, 0.15) is 15.9 Å². The number of methoxy groups -OCH3 is 2. The van der Waals surface area contributed by atoms with E-state index < -0.39 is 11.5 Å². The van der Waals surface area contributed by atoms with Crippen molar-refractivity contribution in [1.82, 2.24) is 0 Å². The highest BCUT2D eigenvalue weighted by atomic mass is 16.5. The van der Waals surface area contributed by atoms with E-state index in [0.29, 0.717) is 22.4 Å². The molecule has 156 valence electrons. The number of ether oxygens (including phenoxy) is 2. The van der Waals surface area contributed by atoms with Crippen molar-refractivity contribution in [2.24, 2.45) is 0 Å². The van der Waals surface area contributed by atoms with Gasteiger partial charge in [0.1, 0.15) is 22.6 Å². The Morgan fingerprint density at radius 1 is 0.871 bits per heavy atom. The molecule has 0 saturated heterocycles. The van der Waals surface area contributed by atoms with E-state index in [2.05, 4.69) is 0 Å². The molecule has 1 amide bonds. The molecule has 0 N–H and O–H groups in total. The standard InChI is InChI=1S/C25H21NO5/c1-29-20-11-7-17(8-12-20)16-26(19-9-13-21(30-2)14-10-19)24(27)22-15-18-5-3-4-6-23(18)31-25(22)28/h3-15H,16H2,1-2H3. The molecule has 6 nitrogen and oxygen atoms in total. The van der Waals surface area contributed by atoms with E-state index in [4.69, 9.17) is 13.9 Å². The van der Waals surface area contributed by atoms with Crippen LogP contribution in [-0.4, -0.2) is 20.1 Å². The van der Waals surface area contributed by atoms with Crippen molar-refractivity contribution in [3.63, 3.8) is 0 Å². The topological polar surface area (TPSA) is 69.0 Å². The fourth-order valence-corrected chi connectivity index (χ4v) is 3.31. The van der Waals surface area contributed by atoms with Gasteiger partial charge in [-0.15, -0.1) is 0 Å². The van der Waals surface area contributed by atoms with Crippen molar-refractivity contribution in [1.29, 1.82) is 0 Å². The zero-order valence-corrected chi connectivity index (χ0v) is 17.2. The van der Waals surface area contributed by atoms with Crippen LogP contribution in [0.2, 0.25) is 0 Å². The van der Waals surface area contributed by atoms with Crippen LogP contribution in [0.25, 0.3) is 11.0 Å². The molecule has 0 saturated carbocycles. The number of benzene rings is 3. The number of hydrogen-bond acceptors (Lipinski definition) is 5. The second kappa shape index (κ2) is 8.75. The minimum Gasteiger partial charge on any atom is -0.497 e. The second-order valence-corrected chi connectivity index (χ2v) is 6.92. The van der Waals surface area contributed by atoms with Gasteiger partial charge in [0.25, 0.3) is 5.91 Å². The van der Waals surface area contributed by atoms with E-state index in [-0.39, 0.29) is 12.1 Å². The van der Waals surface area contributed by atoms with Gasteiger partial charge in [-0.05, 0) is 54.1 Å². The highest BCUT2D eigenvalue weighted by Crippen LogP contribution is 2.24. The molecule has 4 rings (SSSR count). The first-order valence-corrected chi connectivity index (χ1v) is 9.71. The number of hydrogen-bond donors (Lipinski definition) is 0. The maximum Gasteiger partial charge on any atom is 0.349 e. The smallest absolute Gasteiger partial charge is 0.349 e. The van der Waals surface area contributed by atoms with E-state index in [0.717, 1.165) is 11.3 Å². The van der Waals surface area contributed by atoms with E-state index in [1.54, 1.807) is 67.7 Å². The monoisotopic (exact) mass is 415 g/mol. The Morgan fingerprint density at radius 2 is 1.48 bits per heavy atom. The van der Waals surface area contributed by atoms with Gasteiger partial charge in [-0.3, -0.25) is 4.79 Å². The molecular formula is C25H21NO5. The molecule has 0 spiro atoms. The summed E-state index contributed by atoms with van der Waals surface area (Å²) in [5.74, 6) is 0.951. The van der Waals surface area contributed by atoms with Crippen LogP contribution >= 0.6 is 0 Å². The summed E-state index contributed by atoms with van der Waals surface area (Å²) < 4.78 is 15.8. The quantitative estimate of drug-likeness (QED) is 0.429. The molecule has 0 fully saturated rings. The minimum atomic E-state index is -0.669. The third-order valence-corrected chi connectivity index (χ3v) is 5.00. The summed E-state index contributed by atoms with van der Waals surface area (Å²) in [4.78, 5) is 27.6. The van der Waals surface area contributed by atoms with Gasteiger partial charge < -0.3 is 18.8 Å². The van der Waals surface area contributed by atoms with Gasteiger partial charge in [-0.2, -0.15) is 0 Å². The Bertz CT molecular complexity index is 1260. The summed E-state index contributed by atoms with van der Waals surface area (Å²) in [7, 11) is 3.18. The number of amides is 1. The van der Waals surface area contributed by atoms with E-state index in [1.165, 1.54) is 0 Å². The first-order chi connectivity index (χ1) is 15.1. The minimum absolute atomic E-state index is 0.0250. The summed E-state index contributed by atoms with van der Waals surface area (Å²) in [5, 5.41) is 0.685. The van der Waals surface area contributed by atoms with Gasteiger partial charge in [-0.1, -0.05) is 30.3 Å². The summed E-state index contributed by atoms with van der Waals surface area (Å²) >= 11 is 0. The number of para-hydroxylation sites is 1. The third kappa shape index (κ3) is 4.28. The van der Waals surface area contributed by atoms with Gasteiger partial charge in [0.05, 0.1) is 20.8 Å².